The predicted octanol–water partition coefficient (Wildman–Crippen LogP) is 3.37. The van der Waals surface area contributed by atoms with Gasteiger partial charge in [-0.15, -0.1) is 0 Å². The number of rotatable bonds is 1. The first-order valence-corrected chi connectivity index (χ1v) is 3.54. The highest BCUT2D eigenvalue weighted by atomic mass is 19.3. The second-order valence-electron chi connectivity index (χ2n) is 2.49. The molecule has 1 aromatic heterocycles. The van der Waals surface area contributed by atoms with Crippen molar-refractivity contribution in [3.63, 3.8) is 0 Å². The molecule has 0 atom stereocenters. The van der Waals surface area contributed by atoms with E-state index in [-0.39, 0.29) is 5.76 Å². The Morgan fingerprint density at radius 2 is 1.92 bits per heavy atom. The Kier molecular flexibility index (Phi) is 1.57. The van der Waals surface area contributed by atoms with Crippen LogP contribution in [0.3, 0.4) is 0 Å². The van der Waals surface area contributed by atoms with Crippen molar-refractivity contribution in [1.29, 1.82) is 0 Å². The second kappa shape index (κ2) is 2.59. The Balaban J connectivity index is 2.62. The molecule has 62 valence electrons. The predicted molar refractivity (Wildman–Crippen MR) is 41.2 cm³/mol. The molecule has 0 N–H and O–H groups in total. The molecule has 12 heavy (non-hydrogen) atoms. The number of para-hydroxylation sites is 1. The third-order valence-electron chi connectivity index (χ3n) is 1.66. The first-order chi connectivity index (χ1) is 5.77. The van der Waals surface area contributed by atoms with Crippen molar-refractivity contribution in [3.05, 3.63) is 36.1 Å². The molecule has 2 aromatic rings. The van der Waals surface area contributed by atoms with Gasteiger partial charge < -0.3 is 4.42 Å². The van der Waals surface area contributed by atoms with E-state index in [9.17, 15) is 8.78 Å². The fraction of sp³-hybridized carbons (Fsp3) is 0.111. The van der Waals surface area contributed by atoms with Crippen LogP contribution in [0, 0.1) is 0 Å². The Bertz CT molecular complexity index is 359. The zero-order valence-corrected chi connectivity index (χ0v) is 6.13. The minimum absolute atomic E-state index is 0.267. The Hall–Kier alpha value is -1.38. The molecule has 3 heteroatoms. The molecule has 1 heterocycles. The number of benzene rings is 1. The van der Waals surface area contributed by atoms with Gasteiger partial charge in [0.1, 0.15) is 5.58 Å². The van der Waals surface area contributed by atoms with E-state index in [0.29, 0.717) is 11.0 Å². The summed E-state index contributed by atoms with van der Waals surface area (Å²) in [5.74, 6) is -0.267. The molecule has 0 radical (unpaired) electrons. The van der Waals surface area contributed by atoms with Crippen LogP contribution in [0.1, 0.15) is 12.2 Å². The van der Waals surface area contributed by atoms with Gasteiger partial charge >= 0.3 is 0 Å². The van der Waals surface area contributed by atoms with Gasteiger partial charge in [0.05, 0.1) is 0 Å². The van der Waals surface area contributed by atoms with Crippen molar-refractivity contribution in [2.75, 3.05) is 0 Å². The zero-order chi connectivity index (χ0) is 8.55. The van der Waals surface area contributed by atoms with Gasteiger partial charge in [-0.1, -0.05) is 18.2 Å². The third kappa shape index (κ3) is 1.07. The van der Waals surface area contributed by atoms with Gasteiger partial charge in [-0.3, -0.25) is 0 Å². The van der Waals surface area contributed by atoms with E-state index in [4.69, 9.17) is 4.42 Å². The summed E-state index contributed by atoms with van der Waals surface area (Å²) in [5, 5.41) is 0.716. The van der Waals surface area contributed by atoms with Crippen molar-refractivity contribution in [3.8, 4) is 0 Å². The average Bonchev–Trinajstić information content (AvgIpc) is 2.46. The van der Waals surface area contributed by atoms with Gasteiger partial charge in [-0.25, -0.2) is 8.78 Å². The average molecular weight is 168 g/mol. The summed E-state index contributed by atoms with van der Waals surface area (Å²) in [6.45, 7) is 0. The first-order valence-electron chi connectivity index (χ1n) is 3.54. The monoisotopic (exact) mass is 168 g/mol. The van der Waals surface area contributed by atoms with E-state index in [2.05, 4.69) is 0 Å². The van der Waals surface area contributed by atoms with Crippen LogP contribution in [-0.4, -0.2) is 0 Å². The van der Waals surface area contributed by atoms with Crippen molar-refractivity contribution in [2.45, 2.75) is 6.43 Å². The third-order valence-corrected chi connectivity index (χ3v) is 1.66. The second-order valence-corrected chi connectivity index (χ2v) is 2.49. The minimum atomic E-state index is -2.53. The molecule has 0 bridgehead atoms. The van der Waals surface area contributed by atoms with Crippen LogP contribution in [0.2, 0.25) is 0 Å². The number of hydrogen-bond acceptors (Lipinski definition) is 1. The van der Waals surface area contributed by atoms with Crippen molar-refractivity contribution in [2.24, 2.45) is 0 Å². The molecule has 0 fully saturated rings. The SMILES string of the molecule is FC(F)c1cc2ccccc2o1. The molecule has 0 aliphatic heterocycles. The largest absolute Gasteiger partial charge is 0.455 e. The highest BCUT2D eigenvalue weighted by Crippen LogP contribution is 2.26. The van der Waals surface area contributed by atoms with Crippen LogP contribution in [0.25, 0.3) is 11.0 Å². The minimum Gasteiger partial charge on any atom is -0.455 e. The maximum Gasteiger partial charge on any atom is 0.295 e. The maximum absolute atomic E-state index is 12.1. The highest BCUT2D eigenvalue weighted by Gasteiger charge is 2.12. The van der Waals surface area contributed by atoms with Crippen molar-refractivity contribution >= 4 is 11.0 Å². The van der Waals surface area contributed by atoms with Crippen molar-refractivity contribution in [1.82, 2.24) is 0 Å². The molecule has 1 aromatic carbocycles. The fourth-order valence-corrected chi connectivity index (χ4v) is 1.11. The number of fused-ring (bicyclic) bond motifs is 1. The highest BCUT2D eigenvalue weighted by molar-refractivity contribution is 5.77. The van der Waals surface area contributed by atoms with Gasteiger partial charge in [-0.2, -0.15) is 0 Å². The number of hydrogen-bond donors (Lipinski definition) is 0. The molecule has 1 nitrogen and oxygen atoms in total. The van der Waals surface area contributed by atoms with Crippen LogP contribution in [0.4, 0.5) is 8.78 Å². The lowest BCUT2D eigenvalue weighted by Crippen LogP contribution is -1.74. The van der Waals surface area contributed by atoms with E-state index in [0.717, 1.165) is 0 Å². The maximum atomic E-state index is 12.1. The van der Waals surface area contributed by atoms with Gasteiger partial charge in [0.15, 0.2) is 5.76 Å². The summed E-state index contributed by atoms with van der Waals surface area (Å²) in [4.78, 5) is 0. The molecule has 0 aliphatic carbocycles. The lowest BCUT2D eigenvalue weighted by molar-refractivity contribution is 0.124. The van der Waals surface area contributed by atoms with Crippen molar-refractivity contribution < 1.29 is 13.2 Å². The van der Waals surface area contributed by atoms with E-state index in [1.54, 1.807) is 24.3 Å². The zero-order valence-electron chi connectivity index (χ0n) is 6.13. The van der Waals surface area contributed by atoms with Crippen LogP contribution in [0.5, 0.6) is 0 Å². The summed E-state index contributed by atoms with van der Waals surface area (Å²) < 4.78 is 29.1. The van der Waals surface area contributed by atoms with E-state index in [1.165, 1.54) is 6.07 Å². The van der Waals surface area contributed by atoms with E-state index >= 15 is 0 Å². The molecule has 0 spiro atoms. The van der Waals surface area contributed by atoms with Gasteiger partial charge in [0.2, 0.25) is 0 Å². The Morgan fingerprint density at radius 1 is 1.17 bits per heavy atom. The van der Waals surface area contributed by atoms with Crippen LogP contribution >= 0.6 is 0 Å². The topological polar surface area (TPSA) is 13.1 Å². The summed E-state index contributed by atoms with van der Waals surface area (Å²) in [6, 6.07) is 8.31. The number of halogens is 2. The number of furan rings is 1. The van der Waals surface area contributed by atoms with E-state index in [1.807, 2.05) is 0 Å². The van der Waals surface area contributed by atoms with Crippen LogP contribution in [0.15, 0.2) is 34.7 Å². The Labute approximate surface area is 67.6 Å². The molecular formula is C9H6F2O. The van der Waals surface area contributed by atoms with Crippen LogP contribution < -0.4 is 0 Å². The lowest BCUT2D eigenvalue weighted by atomic mass is 10.2. The molecule has 0 aliphatic rings. The number of alkyl halides is 2. The molecule has 2 rings (SSSR count). The fourth-order valence-electron chi connectivity index (χ4n) is 1.11. The summed E-state index contributed by atoms with van der Waals surface area (Å²) in [7, 11) is 0. The standard InChI is InChI=1S/C9H6F2O/c10-9(11)8-5-6-3-1-2-4-7(6)12-8/h1-5,9H. The van der Waals surface area contributed by atoms with Gasteiger partial charge in [0, 0.05) is 5.39 Å². The first kappa shape index (κ1) is 7.28. The smallest absolute Gasteiger partial charge is 0.295 e. The Morgan fingerprint density at radius 3 is 2.58 bits per heavy atom. The normalized spacial score (nSPS) is 11.2. The molecule has 0 saturated carbocycles. The van der Waals surface area contributed by atoms with Gasteiger partial charge in [-0.05, 0) is 12.1 Å². The lowest BCUT2D eigenvalue weighted by Gasteiger charge is -1.88. The summed E-state index contributed by atoms with van der Waals surface area (Å²) in [6.07, 6.45) is -2.53. The quantitative estimate of drug-likeness (QED) is 0.636. The van der Waals surface area contributed by atoms with E-state index < -0.39 is 6.43 Å². The van der Waals surface area contributed by atoms with Crippen LogP contribution in [-0.2, 0) is 0 Å². The summed E-state index contributed by atoms with van der Waals surface area (Å²) >= 11 is 0. The molecular weight excluding hydrogens is 162 g/mol. The molecule has 0 saturated heterocycles. The molecule has 0 amide bonds. The summed E-state index contributed by atoms with van der Waals surface area (Å²) in [5.41, 5.74) is 0.507. The van der Waals surface area contributed by atoms with Gasteiger partial charge in [0.25, 0.3) is 6.43 Å². The molecule has 0 unspecified atom stereocenters.